The van der Waals surface area contributed by atoms with Gasteiger partial charge in [-0.15, -0.1) is 0 Å². The first kappa shape index (κ1) is 12.9. The lowest BCUT2D eigenvalue weighted by molar-refractivity contribution is -0.128. The highest BCUT2D eigenvalue weighted by atomic mass is 16.1. The van der Waals surface area contributed by atoms with E-state index >= 15 is 0 Å². The van der Waals surface area contributed by atoms with E-state index in [0.29, 0.717) is 29.5 Å². The smallest absolute Gasteiger partial charge is 0.140 e. The summed E-state index contributed by atoms with van der Waals surface area (Å²) in [5.74, 6) is 4.11. The van der Waals surface area contributed by atoms with Crippen molar-refractivity contribution in [1.82, 2.24) is 0 Å². The molecule has 20 heavy (non-hydrogen) atoms. The molecule has 6 unspecified atom stereocenters. The van der Waals surface area contributed by atoms with Crippen LogP contribution in [0.3, 0.4) is 0 Å². The van der Waals surface area contributed by atoms with Crippen molar-refractivity contribution in [2.75, 3.05) is 0 Å². The van der Waals surface area contributed by atoms with E-state index in [1.54, 1.807) is 0 Å². The van der Waals surface area contributed by atoms with Crippen LogP contribution in [0.1, 0.15) is 52.4 Å². The standard InChI is InChI=1S/C19H26O/c1-11-7-13-3-5-15(17(13)9-11)19(20)16-6-4-14-8-12(2)10-18(14)16/h9-10,13-18H,3-8H2,1-2H3. The van der Waals surface area contributed by atoms with E-state index in [9.17, 15) is 4.79 Å². The van der Waals surface area contributed by atoms with E-state index in [4.69, 9.17) is 0 Å². The van der Waals surface area contributed by atoms with Crippen molar-refractivity contribution >= 4 is 5.78 Å². The number of hydrogen-bond donors (Lipinski definition) is 0. The maximum Gasteiger partial charge on any atom is 0.140 e. The maximum atomic E-state index is 13.1. The molecule has 108 valence electrons. The highest BCUT2D eigenvalue weighted by Gasteiger charge is 2.48. The number of allylic oxidation sites excluding steroid dienone is 4. The number of rotatable bonds is 2. The van der Waals surface area contributed by atoms with Gasteiger partial charge in [-0.2, -0.15) is 0 Å². The molecule has 1 nitrogen and oxygen atoms in total. The molecule has 0 heterocycles. The van der Waals surface area contributed by atoms with E-state index in [1.807, 2.05) is 0 Å². The van der Waals surface area contributed by atoms with E-state index in [-0.39, 0.29) is 0 Å². The van der Waals surface area contributed by atoms with Crippen molar-refractivity contribution in [1.29, 1.82) is 0 Å². The number of ketones is 1. The minimum absolute atomic E-state index is 0.357. The Hall–Kier alpha value is -0.850. The van der Waals surface area contributed by atoms with Gasteiger partial charge in [-0.25, -0.2) is 0 Å². The first-order valence-corrected chi connectivity index (χ1v) is 8.52. The minimum atomic E-state index is 0.357. The number of carbonyl (C=O) groups is 1. The van der Waals surface area contributed by atoms with E-state index in [1.165, 1.54) is 36.8 Å². The molecular formula is C19H26O. The van der Waals surface area contributed by atoms with Gasteiger partial charge in [0.2, 0.25) is 0 Å². The molecule has 4 aliphatic carbocycles. The van der Waals surface area contributed by atoms with Crippen molar-refractivity contribution in [3.8, 4) is 0 Å². The topological polar surface area (TPSA) is 17.1 Å². The summed E-state index contributed by atoms with van der Waals surface area (Å²) in [5, 5.41) is 0. The predicted molar refractivity (Wildman–Crippen MR) is 81.2 cm³/mol. The number of hydrogen-bond acceptors (Lipinski definition) is 1. The van der Waals surface area contributed by atoms with Gasteiger partial charge < -0.3 is 0 Å². The molecule has 2 fully saturated rings. The van der Waals surface area contributed by atoms with Gasteiger partial charge in [0.25, 0.3) is 0 Å². The summed E-state index contributed by atoms with van der Waals surface area (Å²) in [6.07, 6.45) is 12.3. The average molecular weight is 270 g/mol. The zero-order chi connectivity index (χ0) is 13.9. The van der Waals surface area contributed by atoms with Gasteiger partial charge in [-0.3, -0.25) is 4.79 Å². The zero-order valence-electron chi connectivity index (χ0n) is 12.8. The van der Waals surface area contributed by atoms with Gasteiger partial charge >= 0.3 is 0 Å². The molecule has 0 saturated heterocycles. The summed E-state index contributed by atoms with van der Waals surface area (Å²) < 4.78 is 0. The third kappa shape index (κ3) is 1.85. The second-order valence-electron chi connectivity index (χ2n) is 7.88. The molecule has 0 amide bonds. The van der Waals surface area contributed by atoms with Crippen LogP contribution in [0.2, 0.25) is 0 Å². The van der Waals surface area contributed by atoms with Crippen LogP contribution >= 0.6 is 0 Å². The van der Waals surface area contributed by atoms with Crippen molar-refractivity contribution in [3.63, 3.8) is 0 Å². The second-order valence-corrected chi connectivity index (χ2v) is 7.88. The molecule has 0 radical (unpaired) electrons. The highest BCUT2D eigenvalue weighted by Crippen LogP contribution is 2.52. The second kappa shape index (κ2) is 4.58. The molecule has 4 aliphatic rings. The Morgan fingerprint density at radius 3 is 1.75 bits per heavy atom. The third-order valence-electron chi connectivity index (χ3n) is 6.57. The van der Waals surface area contributed by atoms with Crippen molar-refractivity contribution in [3.05, 3.63) is 23.3 Å². The monoisotopic (exact) mass is 270 g/mol. The summed E-state index contributed by atoms with van der Waals surface area (Å²) in [6.45, 7) is 4.49. The van der Waals surface area contributed by atoms with Gasteiger partial charge in [0, 0.05) is 11.8 Å². The SMILES string of the molecule is CC1=CC2C(CCC2C(=O)C2CCC3CC(C)=CC32)C1. The fourth-order valence-electron chi connectivity index (χ4n) is 5.75. The first-order valence-electron chi connectivity index (χ1n) is 8.52. The normalized spacial score (nSPS) is 46.1. The van der Waals surface area contributed by atoms with Gasteiger partial charge in [0.1, 0.15) is 5.78 Å². The van der Waals surface area contributed by atoms with Gasteiger partial charge in [0.15, 0.2) is 0 Å². The molecule has 0 aromatic rings. The van der Waals surface area contributed by atoms with Crippen LogP contribution in [0.15, 0.2) is 23.3 Å². The van der Waals surface area contributed by atoms with Crippen molar-refractivity contribution in [2.24, 2.45) is 35.5 Å². The Balaban J connectivity index is 1.53. The Kier molecular flexibility index (Phi) is 2.94. The third-order valence-corrected chi connectivity index (χ3v) is 6.57. The molecule has 0 bridgehead atoms. The molecule has 4 rings (SSSR count). The summed E-state index contributed by atoms with van der Waals surface area (Å²) in [6, 6.07) is 0. The average Bonchev–Trinajstić information content (AvgIpc) is 3.07. The van der Waals surface area contributed by atoms with E-state index in [2.05, 4.69) is 26.0 Å². The van der Waals surface area contributed by atoms with E-state index in [0.717, 1.165) is 24.7 Å². The molecule has 0 aliphatic heterocycles. The summed E-state index contributed by atoms with van der Waals surface area (Å²) in [4.78, 5) is 13.1. The molecule has 6 atom stereocenters. The Morgan fingerprint density at radius 2 is 1.30 bits per heavy atom. The molecule has 1 heteroatoms. The number of Topliss-reactive ketones (excluding diaryl/α,β-unsaturated/α-hetero) is 1. The van der Waals surface area contributed by atoms with Crippen molar-refractivity contribution < 1.29 is 4.79 Å². The maximum absolute atomic E-state index is 13.1. The summed E-state index contributed by atoms with van der Waals surface area (Å²) in [5.41, 5.74) is 3.05. The zero-order valence-corrected chi connectivity index (χ0v) is 12.8. The number of carbonyl (C=O) groups excluding carboxylic acids is 1. The van der Waals surface area contributed by atoms with Crippen LogP contribution in [0.4, 0.5) is 0 Å². The number of fused-ring (bicyclic) bond motifs is 2. The fourth-order valence-corrected chi connectivity index (χ4v) is 5.75. The molecule has 2 saturated carbocycles. The fraction of sp³-hybridized carbons (Fsp3) is 0.737. The molecular weight excluding hydrogens is 244 g/mol. The quantitative estimate of drug-likeness (QED) is 0.673. The Bertz CT molecular complexity index is 454. The lowest BCUT2D eigenvalue weighted by Gasteiger charge is -2.23. The lowest BCUT2D eigenvalue weighted by Crippen LogP contribution is -2.28. The molecule has 0 spiro atoms. The predicted octanol–water partition coefficient (Wildman–Crippen LogP) is 4.54. The van der Waals surface area contributed by atoms with Crippen LogP contribution in [-0.4, -0.2) is 5.78 Å². The highest BCUT2D eigenvalue weighted by molar-refractivity contribution is 5.85. The first-order chi connectivity index (χ1) is 9.63. The largest absolute Gasteiger partial charge is 0.299 e. The minimum Gasteiger partial charge on any atom is -0.299 e. The van der Waals surface area contributed by atoms with Crippen LogP contribution in [0, 0.1) is 35.5 Å². The molecule has 0 aromatic carbocycles. The van der Waals surface area contributed by atoms with Crippen LogP contribution in [0.25, 0.3) is 0 Å². The van der Waals surface area contributed by atoms with Crippen molar-refractivity contribution in [2.45, 2.75) is 52.4 Å². The summed E-state index contributed by atoms with van der Waals surface area (Å²) in [7, 11) is 0. The van der Waals surface area contributed by atoms with Gasteiger partial charge in [-0.05, 0) is 76.0 Å². The Morgan fingerprint density at radius 1 is 0.850 bits per heavy atom. The Labute approximate surface area is 122 Å². The molecule has 0 aromatic heterocycles. The molecule has 0 N–H and O–H groups in total. The van der Waals surface area contributed by atoms with Gasteiger partial charge in [0.05, 0.1) is 0 Å². The summed E-state index contributed by atoms with van der Waals surface area (Å²) >= 11 is 0. The van der Waals surface area contributed by atoms with Crippen LogP contribution in [-0.2, 0) is 4.79 Å². The van der Waals surface area contributed by atoms with Gasteiger partial charge in [-0.1, -0.05) is 23.3 Å². The lowest BCUT2D eigenvalue weighted by atomic mass is 9.79. The van der Waals surface area contributed by atoms with E-state index < -0.39 is 0 Å². The van der Waals surface area contributed by atoms with Crippen LogP contribution < -0.4 is 0 Å². The van der Waals surface area contributed by atoms with Crippen LogP contribution in [0.5, 0.6) is 0 Å².